The lowest BCUT2D eigenvalue weighted by atomic mass is 10.0. The molecule has 0 atom stereocenters. The highest BCUT2D eigenvalue weighted by Gasteiger charge is 2.24. The SMILES string of the molecule is Cn1c2ccccc2c2cc(/C=C3\C(=O)Nc4ccc(Cl)cc43)ccc21. The predicted molar refractivity (Wildman–Crippen MR) is 108 cm³/mol. The molecule has 126 valence electrons. The Bertz CT molecular complexity index is 1250. The second kappa shape index (κ2) is 5.48. The van der Waals surface area contributed by atoms with Crippen molar-refractivity contribution in [2.75, 3.05) is 5.32 Å². The summed E-state index contributed by atoms with van der Waals surface area (Å²) >= 11 is 6.12. The van der Waals surface area contributed by atoms with Crippen molar-refractivity contribution in [2.45, 2.75) is 0 Å². The first-order valence-electron chi connectivity index (χ1n) is 8.42. The molecule has 0 unspecified atom stereocenters. The Kier molecular flexibility index (Phi) is 3.21. The highest BCUT2D eigenvalue weighted by atomic mass is 35.5. The van der Waals surface area contributed by atoms with Crippen molar-refractivity contribution in [3.05, 3.63) is 76.8 Å². The number of carbonyl (C=O) groups excluding carboxylic acids is 1. The highest BCUT2D eigenvalue weighted by molar-refractivity contribution is 6.36. The van der Waals surface area contributed by atoms with Gasteiger partial charge >= 0.3 is 0 Å². The number of benzene rings is 3. The molecule has 0 spiro atoms. The van der Waals surface area contributed by atoms with E-state index in [1.807, 2.05) is 30.3 Å². The number of amides is 1. The summed E-state index contributed by atoms with van der Waals surface area (Å²) in [6.07, 6.45) is 1.93. The molecule has 1 amide bonds. The lowest BCUT2D eigenvalue weighted by Crippen LogP contribution is -2.03. The first-order chi connectivity index (χ1) is 12.6. The molecule has 0 bridgehead atoms. The van der Waals surface area contributed by atoms with Gasteiger partial charge in [-0.2, -0.15) is 0 Å². The molecular weight excluding hydrogens is 344 g/mol. The summed E-state index contributed by atoms with van der Waals surface area (Å²) in [5.41, 5.74) is 5.65. The van der Waals surface area contributed by atoms with Gasteiger partial charge in [0.05, 0.1) is 0 Å². The second-order valence-corrected chi connectivity index (χ2v) is 6.99. The van der Waals surface area contributed by atoms with E-state index in [2.05, 4.69) is 47.3 Å². The normalized spacial score (nSPS) is 15.0. The van der Waals surface area contributed by atoms with Crippen molar-refractivity contribution in [3.63, 3.8) is 0 Å². The van der Waals surface area contributed by atoms with Crippen molar-refractivity contribution in [1.82, 2.24) is 4.57 Å². The molecule has 26 heavy (non-hydrogen) atoms. The molecule has 0 radical (unpaired) electrons. The lowest BCUT2D eigenvalue weighted by Gasteiger charge is -2.01. The Morgan fingerprint density at radius 3 is 2.65 bits per heavy atom. The van der Waals surface area contributed by atoms with Crippen molar-refractivity contribution in [3.8, 4) is 0 Å². The maximum Gasteiger partial charge on any atom is 0.256 e. The summed E-state index contributed by atoms with van der Waals surface area (Å²) in [6, 6.07) is 20.1. The van der Waals surface area contributed by atoms with Gasteiger partial charge in [-0.25, -0.2) is 0 Å². The first-order valence-corrected chi connectivity index (χ1v) is 8.80. The van der Waals surface area contributed by atoms with Crippen molar-refractivity contribution < 1.29 is 4.79 Å². The number of para-hydroxylation sites is 1. The topological polar surface area (TPSA) is 34.0 Å². The number of fused-ring (bicyclic) bond motifs is 4. The van der Waals surface area contributed by atoms with Gasteiger partial charge in [0.15, 0.2) is 0 Å². The van der Waals surface area contributed by atoms with Crippen LogP contribution in [0.4, 0.5) is 5.69 Å². The number of aryl methyl sites for hydroxylation is 1. The molecule has 0 saturated carbocycles. The largest absolute Gasteiger partial charge is 0.344 e. The van der Waals surface area contributed by atoms with Crippen LogP contribution < -0.4 is 5.32 Å². The third-order valence-corrected chi connectivity index (χ3v) is 5.25. The van der Waals surface area contributed by atoms with E-state index in [1.54, 1.807) is 6.07 Å². The monoisotopic (exact) mass is 358 g/mol. The van der Waals surface area contributed by atoms with Gasteiger partial charge in [0.1, 0.15) is 0 Å². The molecule has 3 nitrogen and oxygen atoms in total. The molecule has 1 aliphatic heterocycles. The maximum atomic E-state index is 12.4. The van der Waals surface area contributed by atoms with Gasteiger partial charge < -0.3 is 9.88 Å². The number of aromatic nitrogens is 1. The highest BCUT2D eigenvalue weighted by Crippen LogP contribution is 2.36. The minimum absolute atomic E-state index is 0.0970. The predicted octanol–water partition coefficient (Wildman–Crippen LogP) is 5.48. The van der Waals surface area contributed by atoms with Crippen LogP contribution in [0.2, 0.25) is 5.02 Å². The molecule has 5 rings (SSSR count). The van der Waals surface area contributed by atoms with E-state index in [0.717, 1.165) is 16.8 Å². The molecule has 3 aromatic carbocycles. The van der Waals surface area contributed by atoms with Crippen LogP contribution in [0.5, 0.6) is 0 Å². The molecule has 1 aliphatic rings. The number of hydrogen-bond acceptors (Lipinski definition) is 1. The Balaban J connectivity index is 1.71. The van der Waals surface area contributed by atoms with Gasteiger partial charge in [0, 0.05) is 50.7 Å². The summed E-state index contributed by atoms with van der Waals surface area (Å²) in [7, 11) is 2.07. The molecule has 2 heterocycles. The van der Waals surface area contributed by atoms with Gasteiger partial charge in [-0.1, -0.05) is 35.9 Å². The van der Waals surface area contributed by atoms with E-state index in [9.17, 15) is 4.79 Å². The Morgan fingerprint density at radius 1 is 0.962 bits per heavy atom. The summed E-state index contributed by atoms with van der Waals surface area (Å²) in [4.78, 5) is 12.4. The maximum absolute atomic E-state index is 12.4. The summed E-state index contributed by atoms with van der Waals surface area (Å²) in [5.74, 6) is -0.0970. The molecule has 0 saturated heterocycles. The van der Waals surface area contributed by atoms with Gasteiger partial charge in [-0.15, -0.1) is 0 Å². The molecule has 0 fully saturated rings. The van der Waals surface area contributed by atoms with E-state index < -0.39 is 0 Å². The summed E-state index contributed by atoms with van der Waals surface area (Å²) in [5, 5.41) is 5.91. The van der Waals surface area contributed by atoms with Gasteiger partial charge in [-0.3, -0.25) is 4.79 Å². The van der Waals surface area contributed by atoms with Gasteiger partial charge in [0.25, 0.3) is 5.91 Å². The molecular formula is C22H15ClN2O. The third kappa shape index (κ3) is 2.18. The molecule has 4 heteroatoms. The van der Waals surface area contributed by atoms with E-state index in [-0.39, 0.29) is 5.91 Å². The second-order valence-electron chi connectivity index (χ2n) is 6.55. The number of carbonyl (C=O) groups is 1. The zero-order valence-electron chi connectivity index (χ0n) is 14.1. The van der Waals surface area contributed by atoms with E-state index in [4.69, 9.17) is 11.6 Å². The number of nitrogens with zero attached hydrogens (tertiary/aromatic N) is 1. The summed E-state index contributed by atoms with van der Waals surface area (Å²) < 4.78 is 2.19. The zero-order valence-corrected chi connectivity index (χ0v) is 14.8. The number of nitrogens with one attached hydrogen (secondary N) is 1. The molecule has 1 aromatic heterocycles. The van der Waals surface area contributed by atoms with E-state index in [1.165, 1.54) is 21.8 Å². The minimum Gasteiger partial charge on any atom is -0.344 e. The van der Waals surface area contributed by atoms with Crippen molar-refractivity contribution >= 4 is 56.7 Å². The third-order valence-electron chi connectivity index (χ3n) is 5.01. The van der Waals surface area contributed by atoms with Crippen LogP contribution in [-0.4, -0.2) is 10.5 Å². The van der Waals surface area contributed by atoms with Crippen LogP contribution in [0.25, 0.3) is 33.5 Å². The van der Waals surface area contributed by atoms with Crippen molar-refractivity contribution in [1.29, 1.82) is 0 Å². The molecule has 1 N–H and O–H groups in total. The fourth-order valence-corrected chi connectivity index (χ4v) is 3.92. The number of halogens is 1. The van der Waals surface area contributed by atoms with Crippen LogP contribution in [0.15, 0.2) is 60.7 Å². The van der Waals surface area contributed by atoms with Crippen LogP contribution >= 0.6 is 11.6 Å². The first kappa shape index (κ1) is 15.2. The smallest absolute Gasteiger partial charge is 0.256 e. The van der Waals surface area contributed by atoms with Crippen LogP contribution in [0, 0.1) is 0 Å². The average Bonchev–Trinajstić information content (AvgIpc) is 3.11. The molecule has 4 aromatic rings. The number of hydrogen-bond donors (Lipinski definition) is 1. The Morgan fingerprint density at radius 2 is 1.77 bits per heavy atom. The average molecular weight is 359 g/mol. The van der Waals surface area contributed by atoms with E-state index >= 15 is 0 Å². The Labute approximate surface area is 155 Å². The lowest BCUT2D eigenvalue weighted by molar-refractivity contribution is -0.110. The van der Waals surface area contributed by atoms with Crippen LogP contribution in [0.3, 0.4) is 0 Å². The quantitative estimate of drug-likeness (QED) is 0.449. The Hall–Kier alpha value is -3.04. The van der Waals surface area contributed by atoms with Crippen molar-refractivity contribution in [2.24, 2.45) is 7.05 Å². The van der Waals surface area contributed by atoms with Crippen LogP contribution in [-0.2, 0) is 11.8 Å². The van der Waals surface area contributed by atoms with Crippen LogP contribution in [0.1, 0.15) is 11.1 Å². The minimum atomic E-state index is -0.0970. The fourth-order valence-electron chi connectivity index (χ4n) is 3.75. The van der Waals surface area contributed by atoms with E-state index in [0.29, 0.717) is 10.6 Å². The molecule has 0 aliphatic carbocycles. The van der Waals surface area contributed by atoms with Gasteiger partial charge in [0.2, 0.25) is 0 Å². The standard InChI is InChI=1S/C22H15ClN2O/c1-25-20-5-3-2-4-15(20)17-10-13(6-9-21(17)25)11-18-16-12-14(23)7-8-19(16)24-22(18)26/h2-12H,1H3,(H,24,26)/b18-11-. The number of rotatable bonds is 1. The number of anilines is 1. The zero-order chi connectivity index (χ0) is 17.8. The van der Waals surface area contributed by atoms with Gasteiger partial charge in [-0.05, 0) is 48.0 Å². The summed E-state index contributed by atoms with van der Waals surface area (Å²) in [6.45, 7) is 0. The fraction of sp³-hybridized carbons (Fsp3) is 0.0455.